The monoisotopic (exact) mass is 340 g/mol. The van der Waals surface area contributed by atoms with Gasteiger partial charge in [-0.25, -0.2) is 0 Å². The first-order valence-corrected chi connectivity index (χ1v) is 8.61. The molecule has 4 nitrogen and oxygen atoms in total. The molecule has 1 N–H and O–H groups in total. The van der Waals surface area contributed by atoms with Crippen molar-refractivity contribution in [1.29, 1.82) is 0 Å². The van der Waals surface area contributed by atoms with Crippen LogP contribution in [0, 0.1) is 0 Å². The molecule has 0 bridgehead atoms. The summed E-state index contributed by atoms with van der Waals surface area (Å²) in [4.78, 5) is 24.6. The van der Waals surface area contributed by atoms with E-state index in [1.54, 1.807) is 24.3 Å². The Balaban J connectivity index is 2.48. The molecule has 1 atom stereocenters. The number of ketones is 1. The normalized spacial score (nSPS) is 13.2. The van der Waals surface area contributed by atoms with Crippen LogP contribution >= 0.6 is 0 Å². The van der Waals surface area contributed by atoms with E-state index in [4.69, 9.17) is 4.74 Å². The van der Waals surface area contributed by atoms with Crippen LogP contribution in [0.3, 0.4) is 0 Å². The van der Waals surface area contributed by atoms with Crippen LogP contribution < -0.4 is 0 Å². The van der Waals surface area contributed by atoms with Crippen LogP contribution in [0.2, 0.25) is 0 Å². The molecule has 0 aliphatic rings. The molecule has 4 heteroatoms. The van der Waals surface area contributed by atoms with Gasteiger partial charge in [0.1, 0.15) is 0 Å². The van der Waals surface area contributed by atoms with Crippen molar-refractivity contribution in [2.24, 2.45) is 0 Å². The number of aliphatic carboxylic acids is 1. The molecule has 25 heavy (non-hydrogen) atoms. The smallest absolute Gasteiger partial charge is 0.303 e. The minimum Gasteiger partial charge on any atom is -0.481 e. The van der Waals surface area contributed by atoms with Gasteiger partial charge in [0, 0.05) is 18.6 Å². The van der Waals surface area contributed by atoms with Crippen LogP contribution in [0.25, 0.3) is 0 Å². The number of rotatable bonds is 10. The van der Waals surface area contributed by atoms with E-state index in [1.807, 2.05) is 43.3 Å². The number of hydrogen-bond donors (Lipinski definition) is 1. The molecule has 2 rings (SSSR count). The standard InChI is InChI=1S/C21H24O4/c1-2-3-16-25-21(15-14-19(22)23,18-12-8-5-9-13-18)20(24)17-10-6-4-7-11-17/h4-13H,2-3,14-16H2,1H3,(H,22,23). The van der Waals surface area contributed by atoms with Gasteiger partial charge in [0.15, 0.2) is 11.4 Å². The summed E-state index contributed by atoms with van der Waals surface area (Å²) in [6.45, 7) is 2.45. The number of carboxylic acids is 1. The highest BCUT2D eigenvalue weighted by Gasteiger charge is 2.41. The number of ether oxygens (including phenoxy) is 1. The second kappa shape index (κ2) is 9.14. The maximum atomic E-state index is 13.4. The van der Waals surface area contributed by atoms with Gasteiger partial charge in [0.25, 0.3) is 0 Å². The molecule has 1 unspecified atom stereocenters. The van der Waals surface area contributed by atoms with Crippen molar-refractivity contribution in [2.45, 2.75) is 38.2 Å². The van der Waals surface area contributed by atoms with Crippen LogP contribution in [-0.2, 0) is 15.1 Å². The second-order valence-electron chi connectivity index (χ2n) is 5.98. The molecule has 132 valence electrons. The molecule has 0 aliphatic carbocycles. The van der Waals surface area contributed by atoms with Crippen LogP contribution in [0.1, 0.15) is 48.5 Å². The summed E-state index contributed by atoms with van der Waals surface area (Å²) in [7, 11) is 0. The van der Waals surface area contributed by atoms with Gasteiger partial charge in [-0.1, -0.05) is 74.0 Å². The third kappa shape index (κ3) is 4.77. The number of carbonyl (C=O) groups excluding carboxylic acids is 1. The third-order valence-corrected chi connectivity index (χ3v) is 4.18. The lowest BCUT2D eigenvalue weighted by Crippen LogP contribution is -2.40. The van der Waals surface area contributed by atoms with Gasteiger partial charge in [-0.05, 0) is 18.4 Å². The summed E-state index contributed by atoms with van der Waals surface area (Å²) < 4.78 is 6.11. The van der Waals surface area contributed by atoms with Gasteiger partial charge in [-0.15, -0.1) is 0 Å². The van der Waals surface area contributed by atoms with Gasteiger partial charge in [-0.3, -0.25) is 9.59 Å². The molecule has 2 aromatic rings. The quantitative estimate of drug-likeness (QED) is 0.513. The van der Waals surface area contributed by atoms with Crippen molar-refractivity contribution < 1.29 is 19.4 Å². The number of benzene rings is 2. The summed E-state index contributed by atoms with van der Waals surface area (Å²) in [5, 5.41) is 9.18. The van der Waals surface area contributed by atoms with Gasteiger partial charge >= 0.3 is 5.97 Å². The predicted molar refractivity (Wildman–Crippen MR) is 96.6 cm³/mol. The van der Waals surface area contributed by atoms with Crippen molar-refractivity contribution >= 4 is 11.8 Å². The Kier molecular flexibility index (Phi) is 6.90. The van der Waals surface area contributed by atoms with Crippen LogP contribution in [0.15, 0.2) is 60.7 Å². The fourth-order valence-corrected chi connectivity index (χ4v) is 2.81. The molecule has 0 heterocycles. The van der Waals surface area contributed by atoms with Crippen molar-refractivity contribution in [3.8, 4) is 0 Å². The first-order chi connectivity index (χ1) is 12.1. The van der Waals surface area contributed by atoms with E-state index in [1.165, 1.54) is 0 Å². The molecule has 0 saturated heterocycles. The molecule has 0 aliphatic heterocycles. The first kappa shape index (κ1) is 18.9. The molecule has 0 radical (unpaired) electrons. The Bertz CT molecular complexity index is 682. The number of carboxylic acid groups (broad SMARTS) is 1. The lowest BCUT2D eigenvalue weighted by Gasteiger charge is -2.33. The number of hydrogen-bond acceptors (Lipinski definition) is 3. The Hall–Kier alpha value is -2.46. The maximum Gasteiger partial charge on any atom is 0.303 e. The highest BCUT2D eigenvalue weighted by Crippen LogP contribution is 2.35. The van der Waals surface area contributed by atoms with E-state index in [2.05, 4.69) is 0 Å². The average Bonchev–Trinajstić information content (AvgIpc) is 2.65. The van der Waals surface area contributed by atoms with Crippen LogP contribution in [0.5, 0.6) is 0 Å². The van der Waals surface area contributed by atoms with E-state index in [0.717, 1.165) is 12.8 Å². The molecule has 0 spiro atoms. The molecular formula is C21H24O4. The Morgan fingerprint density at radius 1 is 1.00 bits per heavy atom. The highest BCUT2D eigenvalue weighted by atomic mass is 16.5. The Labute approximate surface area is 148 Å². The third-order valence-electron chi connectivity index (χ3n) is 4.18. The van der Waals surface area contributed by atoms with Gasteiger partial charge in [-0.2, -0.15) is 0 Å². The Morgan fingerprint density at radius 3 is 2.16 bits per heavy atom. The Morgan fingerprint density at radius 2 is 1.60 bits per heavy atom. The summed E-state index contributed by atoms with van der Waals surface area (Å²) in [5.74, 6) is -1.14. The van der Waals surface area contributed by atoms with E-state index in [0.29, 0.717) is 17.7 Å². The topological polar surface area (TPSA) is 63.6 Å². The lowest BCUT2D eigenvalue weighted by atomic mass is 9.82. The SMILES string of the molecule is CCCCOC(CCC(=O)O)(C(=O)c1ccccc1)c1ccccc1. The van der Waals surface area contributed by atoms with E-state index in [9.17, 15) is 14.7 Å². The number of Topliss-reactive ketones (excluding diaryl/α,β-unsaturated/α-hetero) is 1. The van der Waals surface area contributed by atoms with E-state index >= 15 is 0 Å². The summed E-state index contributed by atoms with van der Waals surface area (Å²) >= 11 is 0. The molecule has 0 aromatic heterocycles. The predicted octanol–water partition coefficient (Wildman–Crippen LogP) is 4.45. The average molecular weight is 340 g/mol. The minimum absolute atomic E-state index is 0.101. The minimum atomic E-state index is -1.28. The van der Waals surface area contributed by atoms with E-state index < -0.39 is 11.6 Å². The fraction of sp³-hybridized carbons (Fsp3) is 0.333. The summed E-state index contributed by atoms with van der Waals surface area (Å²) in [5.41, 5.74) is -0.0645. The second-order valence-corrected chi connectivity index (χ2v) is 5.98. The fourth-order valence-electron chi connectivity index (χ4n) is 2.81. The number of unbranched alkanes of at least 4 members (excludes halogenated alkanes) is 1. The highest BCUT2D eigenvalue weighted by molar-refractivity contribution is 6.03. The molecule has 0 fully saturated rings. The molecular weight excluding hydrogens is 316 g/mol. The maximum absolute atomic E-state index is 13.4. The van der Waals surface area contributed by atoms with Crippen molar-refractivity contribution in [3.63, 3.8) is 0 Å². The van der Waals surface area contributed by atoms with Gasteiger partial charge in [0.2, 0.25) is 0 Å². The van der Waals surface area contributed by atoms with Crippen LogP contribution in [0.4, 0.5) is 0 Å². The van der Waals surface area contributed by atoms with Gasteiger partial charge in [0.05, 0.1) is 0 Å². The van der Waals surface area contributed by atoms with Crippen molar-refractivity contribution in [3.05, 3.63) is 71.8 Å². The van der Waals surface area contributed by atoms with E-state index in [-0.39, 0.29) is 18.6 Å². The zero-order valence-electron chi connectivity index (χ0n) is 14.5. The largest absolute Gasteiger partial charge is 0.481 e. The molecule has 0 amide bonds. The van der Waals surface area contributed by atoms with Crippen molar-refractivity contribution in [2.75, 3.05) is 6.61 Å². The zero-order valence-corrected chi connectivity index (χ0v) is 14.5. The first-order valence-electron chi connectivity index (χ1n) is 8.61. The summed E-state index contributed by atoms with van der Waals surface area (Å²) in [6, 6.07) is 18.1. The lowest BCUT2D eigenvalue weighted by molar-refractivity contribution is -0.138. The van der Waals surface area contributed by atoms with Crippen molar-refractivity contribution in [1.82, 2.24) is 0 Å². The molecule has 2 aromatic carbocycles. The van der Waals surface area contributed by atoms with Crippen LogP contribution in [-0.4, -0.2) is 23.5 Å². The zero-order chi connectivity index (χ0) is 18.1. The molecule has 0 saturated carbocycles. The summed E-state index contributed by atoms with van der Waals surface area (Å²) in [6.07, 6.45) is 1.70. The number of carbonyl (C=O) groups is 2. The van der Waals surface area contributed by atoms with Gasteiger partial charge < -0.3 is 9.84 Å².